The van der Waals surface area contributed by atoms with E-state index in [4.69, 9.17) is 5.73 Å². The summed E-state index contributed by atoms with van der Waals surface area (Å²) in [5.41, 5.74) is 8.74. The Morgan fingerprint density at radius 1 is 1.18 bits per heavy atom. The van der Waals surface area contributed by atoms with Crippen molar-refractivity contribution in [1.29, 1.82) is 0 Å². The van der Waals surface area contributed by atoms with Crippen molar-refractivity contribution in [3.63, 3.8) is 0 Å². The molecule has 0 unspecified atom stereocenters. The average molecular weight is 245 g/mol. The maximum atomic E-state index is 5.60. The predicted octanol–water partition coefficient (Wildman–Crippen LogP) is 2.54. The van der Waals surface area contributed by atoms with Gasteiger partial charge in [0.15, 0.2) is 5.16 Å². The molecule has 0 saturated heterocycles. The van der Waals surface area contributed by atoms with Crippen LogP contribution in [0.2, 0.25) is 0 Å². The molecule has 4 heteroatoms. The first-order valence-electron chi connectivity index (χ1n) is 5.49. The number of benzene rings is 1. The van der Waals surface area contributed by atoms with Crippen LogP contribution in [0.4, 0.5) is 0 Å². The molecule has 2 aromatic rings. The summed E-state index contributed by atoms with van der Waals surface area (Å²) >= 11 is 1.64. The molecule has 1 heterocycles. The minimum atomic E-state index is 0.461. The summed E-state index contributed by atoms with van der Waals surface area (Å²) in [4.78, 5) is 8.79. The molecule has 0 bridgehead atoms. The summed E-state index contributed by atoms with van der Waals surface area (Å²) in [6.07, 6.45) is 0. The van der Waals surface area contributed by atoms with Crippen LogP contribution in [-0.2, 0) is 12.3 Å². The van der Waals surface area contributed by atoms with Crippen molar-refractivity contribution in [3.05, 3.63) is 53.3 Å². The lowest BCUT2D eigenvalue weighted by molar-refractivity contribution is 0.854. The molecule has 0 atom stereocenters. The van der Waals surface area contributed by atoms with Gasteiger partial charge in [-0.1, -0.05) is 42.1 Å². The lowest BCUT2D eigenvalue weighted by Crippen LogP contribution is -2.02. The van der Waals surface area contributed by atoms with Crippen LogP contribution in [0.25, 0.3) is 0 Å². The van der Waals surface area contributed by atoms with E-state index in [1.165, 1.54) is 5.56 Å². The molecule has 0 aliphatic carbocycles. The van der Waals surface area contributed by atoms with Gasteiger partial charge in [-0.3, -0.25) is 0 Å². The highest BCUT2D eigenvalue weighted by atomic mass is 32.2. The molecule has 1 aromatic carbocycles. The Morgan fingerprint density at radius 3 is 2.65 bits per heavy atom. The maximum Gasteiger partial charge on any atom is 0.188 e. The van der Waals surface area contributed by atoms with Gasteiger partial charge in [-0.05, 0) is 18.6 Å². The van der Waals surface area contributed by atoms with Crippen LogP contribution in [0.1, 0.15) is 17.0 Å². The highest BCUT2D eigenvalue weighted by Gasteiger charge is 2.02. The number of hydrogen-bond acceptors (Lipinski definition) is 4. The number of aryl methyl sites for hydroxylation is 1. The Balaban J connectivity index is 2.06. The quantitative estimate of drug-likeness (QED) is 0.664. The largest absolute Gasteiger partial charge is 0.325 e. The van der Waals surface area contributed by atoms with Crippen LogP contribution < -0.4 is 5.73 Å². The summed E-state index contributed by atoms with van der Waals surface area (Å²) in [6, 6.07) is 12.2. The second-order valence-corrected chi connectivity index (χ2v) is 4.70. The summed E-state index contributed by atoms with van der Waals surface area (Å²) in [7, 11) is 0. The van der Waals surface area contributed by atoms with Gasteiger partial charge in [0, 0.05) is 18.0 Å². The van der Waals surface area contributed by atoms with Crippen LogP contribution >= 0.6 is 11.8 Å². The molecule has 2 rings (SSSR count). The molecule has 0 radical (unpaired) electrons. The highest BCUT2D eigenvalue weighted by Crippen LogP contribution is 2.19. The van der Waals surface area contributed by atoms with Crippen molar-refractivity contribution in [3.8, 4) is 0 Å². The lowest BCUT2D eigenvalue weighted by atomic mass is 10.2. The molecule has 1 aromatic heterocycles. The molecule has 0 fully saturated rings. The highest BCUT2D eigenvalue weighted by molar-refractivity contribution is 7.98. The van der Waals surface area contributed by atoms with Crippen molar-refractivity contribution in [2.75, 3.05) is 0 Å². The summed E-state index contributed by atoms with van der Waals surface area (Å²) in [5, 5.41) is 0.800. The molecule has 17 heavy (non-hydrogen) atoms. The molecule has 2 N–H and O–H groups in total. The maximum absolute atomic E-state index is 5.60. The third-order valence-corrected chi connectivity index (χ3v) is 3.23. The topological polar surface area (TPSA) is 51.8 Å². The van der Waals surface area contributed by atoms with Gasteiger partial charge in [0.25, 0.3) is 0 Å². The fraction of sp³-hybridized carbons (Fsp3) is 0.231. The normalized spacial score (nSPS) is 10.5. The zero-order valence-corrected chi connectivity index (χ0v) is 10.6. The van der Waals surface area contributed by atoms with Crippen LogP contribution in [0.3, 0.4) is 0 Å². The molecule has 0 spiro atoms. The van der Waals surface area contributed by atoms with Gasteiger partial charge in [-0.15, -0.1) is 0 Å². The Bertz CT molecular complexity index is 485. The van der Waals surface area contributed by atoms with E-state index in [1.807, 2.05) is 31.2 Å². The number of nitrogens with zero attached hydrogens (tertiary/aromatic N) is 2. The number of thioether (sulfide) groups is 1. The van der Waals surface area contributed by atoms with Crippen LogP contribution in [0, 0.1) is 6.92 Å². The number of rotatable bonds is 4. The van der Waals surface area contributed by atoms with E-state index >= 15 is 0 Å². The predicted molar refractivity (Wildman–Crippen MR) is 70.7 cm³/mol. The monoisotopic (exact) mass is 245 g/mol. The van der Waals surface area contributed by atoms with Gasteiger partial charge >= 0.3 is 0 Å². The zero-order chi connectivity index (χ0) is 12.1. The fourth-order valence-corrected chi connectivity index (χ4v) is 2.37. The van der Waals surface area contributed by atoms with Gasteiger partial charge in [0.1, 0.15) is 0 Å². The molecular weight excluding hydrogens is 230 g/mol. The van der Waals surface area contributed by atoms with Gasteiger partial charge in [0.2, 0.25) is 0 Å². The first-order valence-corrected chi connectivity index (χ1v) is 6.48. The Hall–Kier alpha value is -1.39. The average Bonchev–Trinajstić information content (AvgIpc) is 2.37. The second-order valence-electron chi connectivity index (χ2n) is 3.76. The molecule has 88 valence electrons. The fourth-order valence-electron chi connectivity index (χ4n) is 1.50. The molecule has 0 saturated carbocycles. The SMILES string of the molecule is Cc1cc(CN)nc(SCc2ccccc2)n1. The molecule has 0 amide bonds. The van der Waals surface area contributed by atoms with Crippen LogP contribution in [0.5, 0.6) is 0 Å². The van der Waals surface area contributed by atoms with Gasteiger partial charge in [-0.2, -0.15) is 0 Å². The first kappa shape index (κ1) is 12.1. The Morgan fingerprint density at radius 2 is 1.94 bits per heavy atom. The van der Waals surface area contributed by atoms with E-state index in [0.29, 0.717) is 6.54 Å². The lowest BCUT2D eigenvalue weighted by Gasteiger charge is -2.04. The van der Waals surface area contributed by atoms with Crippen LogP contribution in [-0.4, -0.2) is 9.97 Å². The first-order chi connectivity index (χ1) is 8.28. The molecular formula is C13H15N3S. The molecule has 0 aliphatic rings. The van der Waals surface area contributed by atoms with Gasteiger partial charge < -0.3 is 5.73 Å². The minimum absolute atomic E-state index is 0.461. The van der Waals surface area contributed by atoms with Gasteiger partial charge in [-0.25, -0.2) is 9.97 Å². The summed E-state index contributed by atoms with van der Waals surface area (Å²) in [5.74, 6) is 0.883. The Kier molecular flexibility index (Phi) is 4.12. The second kappa shape index (κ2) is 5.80. The van der Waals surface area contributed by atoms with Gasteiger partial charge in [0.05, 0.1) is 5.69 Å². The smallest absolute Gasteiger partial charge is 0.188 e. The molecule has 0 aliphatic heterocycles. The number of nitrogens with two attached hydrogens (primary N) is 1. The van der Waals surface area contributed by atoms with Crippen molar-refractivity contribution < 1.29 is 0 Å². The summed E-state index contributed by atoms with van der Waals surface area (Å²) in [6.45, 7) is 2.43. The van der Waals surface area contributed by atoms with Crippen molar-refractivity contribution >= 4 is 11.8 Å². The van der Waals surface area contributed by atoms with E-state index in [0.717, 1.165) is 22.3 Å². The molecule has 3 nitrogen and oxygen atoms in total. The third-order valence-electron chi connectivity index (χ3n) is 2.31. The van der Waals surface area contributed by atoms with Crippen molar-refractivity contribution in [2.24, 2.45) is 5.73 Å². The van der Waals surface area contributed by atoms with E-state index in [1.54, 1.807) is 11.8 Å². The number of hydrogen-bond donors (Lipinski definition) is 1. The van der Waals surface area contributed by atoms with E-state index < -0.39 is 0 Å². The Labute approximate surface area is 105 Å². The van der Waals surface area contributed by atoms with E-state index in [9.17, 15) is 0 Å². The van der Waals surface area contributed by atoms with E-state index in [-0.39, 0.29) is 0 Å². The van der Waals surface area contributed by atoms with E-state index in [2.05, 4.69) is 22.1 Å². The van der Waals surface area contributed by atoms with Crippen molar-refractivity contribution in [2.45, 2.75) is 24.4 Å². The third kappa shape index (κ3) is 3.54. The van der Waals surface area contributed by atoms with Crippen LogP contribution in [0.15, 0.2) is 41.6 Å². The minimum Gasteiger partial charge on any atom is -0.325 e. The zero-order valence-electron chi connectivity index (χ0n) is 9.76. The number of aromatic nitrogens is 2. The standard InChI is InChI=1S/C13H15N3S/c1-10-7-12(8-14)16-13(15-10)17-9-11-5-3-2-4-6-11/h2-7H,8-9,14H2,1H3. The van der Waals surface area contributed by atoms with Crippen molar-refractivity contribution in [1.82, 2.24) is 9.97 Å². The summed E-state index contributed by atoms with van der Waals surface area (Å²) < 4.78 is 0.